The van der Waals surface area contributed by atoms with Crippen LogP contribution in [0.3, 0.4) is 0 Å². The van der Waals surface area contributed by atoms with Crippen LogP contribution in [0.1, 0.15) is 24.8 Å². The Kier molecular flexibility index (Phi) is 4.81. The lowest BCUT2D eigenvalue weighted by atomic mass is 10.1. The molecule has 2 aliphatic heterocycles. The maximum absolute atomic E-state index is 13.5. The summed E-state index contributed by atoms with van der Waals surface area (Å²) >= 11 is 1.22. The van der Waals surface area contributed by atoms with Crippen molar-refractivity contribution >= 4 is 31.4 Å². The van der Waals surface area contributed by atoms with E-state index in [9.17, 15) is 17.9 Å². The number of piperidine rings is 1. The van der Waals surface area contributed by atoms with Crippen LogP contribution in [-0.4, -0.2) is 61.1 Å². The Balaban J connectivity index is 1.57. The van der Waals surface area contributed by atoms with Crippen molar-refractivity contribution in [2.24, 2.45) is 0 Å². The summed E-state index contributed by atoms with van der Waals surface area (Å²) in [5.74, 6) is -0.351. The van der Waals surface area contributed by atoms with Crippen LogP contribution in [0.15, 0.2) is 22.4 Å². The van der Waals surface area contributed by atoms with Crippen LogP contribution in [0, 0.1) is 12.7 Å². The number of aryl methyl sites for hydroxylation is 1. The second kappa shape index (κ2) is 6.83. The van der Waals surface area contributed by atoms with Gasteiger partial charge in [-0.2, -0.15) is 4.31 Å². The van der Waals surface area contributed by atoms with Gasteiger partial charge in [-0.1, -0.05) is 0 Å². The van der Waals surface area contributed by atoms with Crippen molar-refractivity contribution in [3.05, 3.63) is 29.6 Å². The number of hydrogen-bond donors (Lipinski definition) is 1. The van der Waals surface area contributed by atoms with Crippen LogP contribution >= 0.6 is 11.3 Å². The smallest absolute Gasteiger partial charge is 0.252 e. The Morgan fingerprint density at radius 2 is 1.92 bits per heavy atom. The number of benzene rings is 1. The van der Waals surface area contributed by atoms with Gasteiger partial charge in [-0.3, -0.25) is 4.90 Å². The molecule has 0 saturated carbocycles. The van der Waals surface area contributed by atoms with Gasteiger partial charge in [-0.05, 0) is 55.3 Å². The minimum Gasteiger partial charge on any atom is -0.393 e. The van der Waals surface area contributed by atoms with Crippen molar-refractivity contribution in [1.29, 1.82) is 0 Å². The highest BCUT2D eigenvalue weighted by Gasteiger charge is 2.37. The first kappa shape index (κ1) is 18.3. The van der Waals surface area contributed by atoms with E-state index in [4.69, 9.17) is 0 Å². The van der Waals surface area contributed by atoms with Crippen molar-refractivity contribution in [2.75, 3.05) is 26.2 Å². The van der Waals surface area contributed by atoms with E-state index in [0.717, 1.165) is 37.1 Å². The lowest BCUT2D eigenvalue weighted by Gasteiger charge is -2.34. The molecule has 8 heteroatoms. The maximum Gasteiger partial charge on any atom is 0.252 e. The van der Waals surface area contributed by atoms with Gasteiger partial charge in [-0.15, -0.1) is 11.3 Å². The zero-order valence-electron chi connectivity index (χ0n) is 14.7. The number of rotatable bonds is 3. The Bertz CT molecular complexity index is 920. The largest absolute Gasteiger partial charge is 0.393 e. The summed E-state index contributed by atoms with van der Waals surface area (Å²) in [6.07, 6.45) is 2.09. The van der Waals surface area contributed by atoms with E-state index in [1.807, 2.05) is 0 Å². The van der Waals surface area contributed by atoms with E-state index < -0.39 is 10.0 Å². The van der Waals surface area contributed by atoms with Crippen molar-refractivity contribution < 1.29 is 17.9 Å². The first-order valence-electron chi connectivity index (χ1n) is 8.97. The molecule has 0 bridgehead atoms. The molecule has 1 N–H and O–H groups in total. The zero-order chi connectivity index (χ0) is 18.5. The molecule has 2 fully saturated rings. The number of thiophene rings is 1. The third-order valence-corrected chi connectivity index (χ3v) is 9.31. The second-order valence-electron chi connectivity index (χ2n) is 7.23. The Labute approximate surface area is 157 Å². The lowest BCUT2D eigenvalue weighted by molar-refractivity contribution is 0.0638. The van der Waals surface area contributed by atoms with Crippen LogP contribution in [0.4, 0.5) is 4.39 Å². The third-order valence-electron chi connectivity index (χ3n) is 5.57. The molecule has 3 heterocycles. The predicted octanol–water partition coefficient (Wildman–Crippen LogP) is 2.57. The highest BCUT2D eigenvalue weighted by Crippen LogP contribution is 2.37. The van der Waals surface area contributed by atoms with Gasteiger partial charge in [0, 0.05) is 36.9 Å². The van der Waals surface area contributed by atoms with Gasteiger partial charge >= 0.3 is 0 Å². The summed E-state index contributed by atoms with van der Waals surface area (Å²) in [4.78, 5) is 2.30. The highest BCUT2D eigenvalue weighted by molar-refractivity contribution is 7.91. The molecule has 1 aromatic carbocycles. The number of fused-ring (bicyclic) bond motifs is 1. The molecule has 0 unspecified atom stereocenters. The quantitative estimate of drug-likeness (QED) is 0.863. The van der Waals surface area contributed by atoms with Crippen molar-refractivity contribution in [3.63, 3.8) is 0 Å². The van der Waals surface area contributed by atoms with Crippen molar-refractivity contribution in [1.82, 2.24) is 9.21 Å². The normalized spacial score (nSPS) is 23.9. The minimum atomic E-state index is -3.57. The van der Waals surface area contributed by atoms with Gasteiger partial charge in [-0.25, -0.2) is 12.8 Å². The van der Waals surface area contributed by atoms with Crippen LogP contribution in [-0.2, 0) is 10.0 Å². The van der Waals surface area contributed by atoms with E-state index in [0.29, 0.717) is 28.2 Å². The molecule has 2 aromatic rings. The molecule has 26 heavy (non-hydrogen) atoms. The summed E-state index contributed by atoms with van der Waals surface area (Å²) in [5.41, 5.74) is 0.633. The molecular formula is C18H23FN2O3S2. The average Bonchev–Trinajstić information content (AvgIpc) is 3.22. The summed E-state index contributed by atoms with van der Waals surface area (Å²) in [6.45, 7) is 4.39. The third kappa shape index (κ3) is 3.18. The molecule has 0 amide bonds. The molecule has 0 radical (unpaired) electrons. The van der Waals surface area contributed by atoms with E-state index in [1.54, 1.807) is 17.3 Å². The SMILES string of the molecule is Cc1c(S(=O)(=O)N2CC[C@@H](N3CCC(O)CC3)C2)sc2ccc(F)cc12. The summed E-state index contributed by atoms with van der Waals surface area (Å²) in [7, 11) is -3.57. The molecule has 142 valence electrons. The topological polar surface area (TPSA) is 60.9 Å². The highest BCUT2D eigenvalue weighted by atomic mass is 32.2. The van der Waals surface area contributed by atoms with Crippen molar-refractivity contribution in [2.45, 2.75) is 42.5 Å². The first-order chi connectivity index (χ1) is 12.4. The monoisotopic (exact) mass is 398 g/mol. The van der Waals surface area contributed by atoms with Crippen LogP contribution < -0.4 is 0 Å². The van der Waals surface area contributed by atoms with Crippen LogP contribution in [0.25, 0.3) is 10.1 Å². The molecule has 0 aliphatic carbocycles. The zero-order valence-corrected chi connectivity index (χ0v) is 16.3. The number of aliphatic hydroxyl groups is 1. The molecule has 4 rings (SSSR count). The van der Waals surface area contributed by atoms with Crippen molar-refractivity contribution in [3.8, 4) is 0 Å². The fourth-order valence-corrected chi connectivity index (χ4v) is 7.39. The maximum atomic E-state index is 13.5. The Morgan fingerprint density at radius 3 is 2.65 bits per heavy atom. The number of likely N-dealkylation sites (tertiary alicyclic amines) is 1. The predicted molar refractivity (Wildman–Crippen MR) is 100 cm³/mol. The molecular weight excluding hydrogens is 375 g/mol. The fraction of sp³-hybridized carbons (Fsp3) is 0.556. The molecule has 0 spiro atoms. The van der Waals surface area contributed by atoms with Gasteiger partial charge in [0.05, 0.1) is 6.10 Å². The lowest BCUT2D eigenvalue weighted by Crippen LogP contribution is -2.44. The van der Waals surface area contributed by atoms with Crippen LogP contribution in [0.2, 0.25) is 0 Å². The van der Waals surface area contributed by atoms with Gasteiger partial charge in [0.15, 0.2) is 0 Å². The average molecular weight is 399 g/mol. The fourth-order valence-electron chi connectivity index (χ4n) is 4.01. The number of halogens is 1. The van der Waals surface area contributed by atoms with E-state index >= 15 is 0 Å². The van der Waals surface area contributed by atoms with E-state index in [2.05, 4.69) is 4.90 Å². The van der Waals surface area contributed by atoms with Gasteiger partial charge < -0.3 is 5.11 Å². The van der Waals surface area contributed by atoms with Gasteiger partial charge in [0.1, 0.15) is 10.0 Å². The summed E-state index contributed by atoms with van der Waals surface area (Å²) < 4.78 is 42.6. The Morgan fingerprint density at radius 1 is 1.19 bits per heavy atom. The van der Waals surface area contributed by atoms with E-state index in [1.165, 1.54) is 23.5 Å². The molecule has 2 aliphatic rings. The van der Waals surface area contributed by atoms with E-state index in [-0.39, 0.29) is 18.0 Å². The Hall–Kier alpha value is -1.06. The minimum absolute atomic E-state index is 0.212. The van der Waals surface area contributed by atoms with Gasteiger partial charge in [0.2, 0.25) is 0 Å². The van der Waals surface area contributed by atoms with Crippen LogP contribution in [0.5, 0.6) is 0 Å². The number of aliphatic hydroxyl groups excluding tert-OH is 1. The standard InChI is InChI=1S/C18H23FN2O3S2/c1-12-16-10-13(19)2-3-17(16)25-18(12)26(23,24)21-9-4-14(11-21)20-7-5-15(22)6-8-20/h2-3,10,14-15,22H,4-9,11H2,1H3/t14-/m1/s1. The molecule has 5 nitrogen and oxygen atoms in total. The molecule has 2 saturated heterocycles. The molecule has 1 atom stereocenters. The summed E-state index contributed by atoms with van der Waals surface area (Å²) in [5, 5.41) is 10.3. The second-order valence-corrected chi connectivity index (χ2v) is 10.4. The summed E-state index contributed by atoms with van der Waals surface area (Å²) in [6, 6.07) is 4.63. The number of sulfonamides is 1. The molecule has 1 aromatic heterocycles. The number of nitrogens with zero attached hydrogens (tertiary/aromatic N) is 2. The first-order valence-corrected chi connectivity index (χ1v) is 11.2. The van der Waals surface area contributed by atoms with Gasteiger partial charge in [0.25, 0.3) is 10.0 Å². The number of hydrogen-bond acceptors (Lipinski definition) is 5.